The van der Waals surface area contributed by atoms with E-state index in [1.807, 2.05) is 13.8 Å². The first kappa shape index (κ1) is 20.1. The fourth-order valence-corrected chi connectivity index (χ4v) is 4.04. The minimum Gasteiger partial charge on any atom is -0.490 e. The van der Waals surface area contributed by atoms with Gasteiger partial charge in [-0.2, -0.15) is 0 Å². The molecule has 0 aliphatic carbocycles. The summed E-state index contributed by atoms with van der Waals surface area (Å²) in [6.07, 6.45) is 1.78. The zero-order valence-electron chi connectivity index (χ0n) is 17.4. The van der Waals surface area contributed by atoms with E-state index in [0.29, 0.717) is 24.2 Å². The zero-order valence-corrected chi connectivity index (χ0v) is 17.4. The van der Waals surface area contributed by atoms with Gasteiger partial charge in [-0.3, -0.25) is 19.3 Å². The van der Waals surface area contributed by atoms with Gasteiger partial charge >= 0.3 is 0 Å². The van der Waals surface area contributed by atoms with Crippen LogP contribution in [0.25, 0.3) is 0 Å². The minimum absolute atomic E-state index is 0.0308. The van der Waals surface area contributed by atoms with E-state index in [-0.39, 0.29) is 36.8 Å². The second-order valence-electron chi connectivity index (χ2n) is 8.02. The quantitative estimate of drug-likeness (QED) is 0.714. The maximum atomic E-state index is 12.6. The molecule has 0 bridgehead atoms. The number of likely N-dealkylation sites (tertiary alicyclic amines) is 1. The van der Waals surface area contributed by atoms with Crippen LogP contribution >= 0.6 is 0 Å². The number of piperidine rings is 1. The number of aryl methyl sites for hydroxylation is 2. The molecule has 0 radical (unpaired) electrons. The molecule has 1 fully saturated rings. The molecule has 0 aromatic heterocycles. The van der Waals surface area contributed by atoms with Crippen LogP contribution < -0.4 is 4.74 Å². The highest BCUT2D eigenvalue weighted by Gasteiger charge is 2.35. The van der Waals surface area contributed by atoms with Crippen molar-refractivity contribution < 1.29 is 19.1 Å². The Morgan fingerprint density at radius 2 is 1.63 bits per heavy atom. The van der Waals surface area contributed by atoms with Gasteiger partial charge in [0.2, 0.25) is 5.91 Å². The minimum atomic E-state index is -0.316. The fraction of sp³-hybridized carbons (Fsp3) is 0.375. The van der Waals surface area contributed by atoms with Crippen molar-refractivity contribution >= 4 is 17.7 Å². The molecule has 6 heteroatoms. The predicted octanol–water partition coefficient (Wildman–Crippen LogP) is 3.36. The molecular formula is C24H26N2O4. The van der Waals surface area contributed by atoms with Crippen molar-refractivity contribution in [3.8, 4) is 5.75 Å². The van der Waals surface area contributed by atoms with Gasteiger partial charge in [-0.25, -0.2) is 0 Å². The van der Waals surface area contributed by atoms with Crippen LogP contribution in [0.4, 0.5) is 0 Å². The van der Waals surface area contributed by atoms with Crippen LogP contribution in [0.5, 0.6) is 5.75 Å². The number of hydrogen-bond acceptors (Lipinski definition) is 4. The first-order valence-corrected chi connectivity index (χ1v) is 10.4. The second kappa shape index (κ2) is 8.30. The van der Waals surface area contributed by atoms with Crippen molar-refractivity contribution in [2.24, 2.45) is 0 Å². The first-order valence-electron chi connectivity index (χ1n) is 10.4. The van der Waals surface area contributed by atoms with Gasteiger partial charge in [0.25, 0.3) is 11.8 Å². The van der Waals surface area contributed by atoms with Crippen LogP contribution in [0.15, 0.2) is 42.5 Å². The van der Waals surface area contributed by atoms with Gasteiger partial charge in [-0.05, 0) is 43.2 Å². The summed E-state index contributed by atoms with van der Waals surface area (Å²) in [4.78, 5) is 40.5. The number of nitrogens with zero attached hydrogens (tertiary/aromatic N) is 2. The molecule has 4 rings (SSSR count). The normalized spacial score (nSPS) is 16.7. The Morgan fingerprint density at radius 1 is 1.00 bits per heavy atom. The lowest BCUT2D eigenvalue weighted by atomic mass is 10.1. The lowest BCUT2D eigenvalue weighted by Gasteiger charge is -2.33. The Labute approximate surface area is 176 Å². The second-order valence-corrected chi connectivity index (χ2v) is 8.02. The lowest BCUT2D eigenvalue weighted by molar-refractivity contribution is -0.133. The average Bonchev–Trinajstić information content (AvgIpc) is 3.00. The molecule has 0 spiro atoms. The summed E-state index contributed by atoms with van der Waals surface area (Å²) >= 11 is 0. The summed E-state index contributed by atoms with van der Waals surface area (Å²) in [6.45, 7) is 5.44. The molecule has 2 aliphatic rings. The first-order chi connectivity index (χ1) is 14.4. The number of carbonyl (C=O) groups is 3. The predicted molar refractivity (Wildman–Crippen MR) is 113 cm³/mol. The van der Waals surface area contributed by atoms with Crippen LogP contribution in [-0.4, -0.2) is 53.3 Å². The topological polar surface area (TPSA) is 66.9 Å². The standard InChI is InChI=1S/C24H26N2O4/c1-16-7-8-17(2)21(15-16)30-18-9-12-25(13-10-18)22(27)11-14-26-23(28)19-5-3-4-6-20(19)24(26)29/h3-8,15,18H,9-14H2,1-2H3. The number of fused-ring (bicyclic) bond motifs is 1. The Balaban J connectivity index is 1.28. The summed E-state index contributed by atoms with van der Waals surface area (Å²) in [6, 6.07) is 13.0. The number of amides is 3. The number of ether oxygens (including phenoxy) is 1. The average molecular weight is 406 g/mol. The molecule has 1 saturated heterocycles. The summed E-state index contributed by atoms with van der Waals surface area (Å²) in [5, 5.41) is 0. The van der Waals surface area contributed by atoms with Crippen LogP contribution in [0.3, 0.4) is 0 Å². The Hall–Kier alpha value is -3.15. The summed E-state index contributed by atoms with van der Waals surface area (Å²) < 4.78 is 6.16. The molecule has 2 aromatic carbocycles. The van der Waals surface area contributed by atoms with Crippen LogP contribution in [-0.2, 0) is 4.79 Å². The fourth-order valence-electron chi connectivity index (χ4n) is 4.04. The van der Waals surface area contributed by atoms with Gasteiger partial charge in [-0.1, -0.05) is 24.3 Å². The lowest BCUT2D eigenvalue weighted by Crippen LogP contribution is -2.43. The molecule has 0 N–H and O–H groups in total. The Bertz CT molecular complexity index is 957. The number of carbonyl (C=O) groups excluding carboxylic acids is 3. The highest BCUT2D eigenvalue weighted by atomic mass is 16.5. The van der Waals surface area contributed by atoms with Crippen LogP contribution in [0.1, 0.15) is 51.1 Å². The van der Waals surface area contributed by atoms with Crippen LogP contribution in [0, 0.1) is 13.8 Å². The van der Waals surface area contributed by atoms with Gasteiger partial charge in [0.15, 0.2) is 0 Å². The largest absolute Gasteiger partial charge is 0.490 e. The third-order valence-electron chi connectivity index (χ3n) is 5.86. The molecule has 0 saturated carbocycles. The molecule has 2 heterocycles. The maximum absolute atomic E-state index is 12.6. The smallest absolute Gasteiger partial charge is 0.261 e. The molecule has 156 valence electrons. The van der Waals surface area contributed by atoms with Gasteiger partial charge in [-0.15, -0.1) is 0 Å². The van der Waals surface area contributed by atoms with Crippen molar-refractivity contribution in [3.63, 3.8) is 0 Å². The van der Waals surface area contributed by atoms with Gasteiger partial charge < -0.3 is 9.64 Å². The van der Waals surface area contributed by atoms with Crippen LogP contribution in [0.2, 0.25) is 0 Å². The maximum Gasteiger partial charge on any atom is 0.261 e. The molecule has 0 unspecified atom stereocenters. The van der Waals surface area contributed by atoms with Crippen molar-refractivity contribution in [2.75, 3.05) is 19.6 Å². The third-order valence-corrected chi connectivity index (χ3v) is 5.86. The highest BCUT2D eigenvalue weighted by Crippen LogP contribution is 2.25. The molecule has 2 aromatic rings. The number of rotatable bonds is 5. The summed E-state index contributed by atoms with van der Waals surface area (Å²) in [7, 11) is 0. The van der Waals surface area contributed by atoms with Gasteiger partial charge in [0.1, 0.15) is 11.9 Å². The summed E-state index contributed by atoms with van der Waals surface area (Å²) in [5.74, 6) is 0.246. The number of imide groups is 1. The SMILES string of the molecule is Cc1ccc(C)c(OC2CCN(C(=O)CCN3C(=O)c4ccccc4C3=O)CC2)c1. The highest BCUT2D eigenvalue weighted by molar-refractivity contribution is 6.21. The Morgan fingerprint density at radius 3 is 2.27 bits per heavy atom. The van der Waals surface area contributed by atoms with E-state index in [1.54, 1.807) is 29.2 Å². The van der Waals surface area contributed by atoms with E-state index in [1.165, 1.54) is 4.90 Å². The van der Waals surface area contributed by atoms with Crippen molar-refractivity contribution in [1.82, 2.24) is 9.80 Å². The van der Waals surface area contributed by atoms with E-state index < -0.39 is 0 Å². The van der Waals surface area contributed by atoms with E-state index in [0.717, 1.165) is 29.7 Å². The third kappa shape index (κ3) is 3.95. The monoisotopic (exact) mass is 406 g/mol. The molecule has 0 atom stereocenters. The zero-order chi connectivity index (χ0) is 21.3. The molecular weight excluding hydrogens is 380 g/mol. The van der Waals surface area contributed by atoms with Crippen molar-refractivity contribution in [1.29, 1.82) is 0 Å². The number of benzene rings is 2. The summed E-state index contributed by atoms with van der Waals surface area (Å²) in [5.41, 5.74) is 3.11. The molecule has 6 nitrogen and oxygen atoms in total. The van der Waals surface area contributed by atoms with Gasteiger partial charge in [0, 0.05) is 38.9 Å². The van der Waals surface area contributed by atoms with Gasteiger partial charge in [0.05, 0.1) is 11.1 Å². The molecule has 2 aliphatic heterocycles. The Kier molecular flexibility index (Phi) is 5.57. The van der Waals surface area contributed by atoms with Crippen molar-refractivity contribution in [2.45, 2.75) is 39.2 Å². The van der Waals surface area contributed by atoms with E-state index in [2.05, 4.69) is 18.2 Å². The number of hydrogen-bond donors (Lipinski definition) is 0. The van der Waals surface area contributed by atoms with E-state index >= 15 is 0 Å². The molecule has 3 amide bonds. The molecule has 30 heavy (non-hydrogen) atoms. The van der Waals surface area contributed by atoms with E-state index in [4.69, 9.17) is 4.74 Å². The van der Waals surface area contributed by atoms with E-state index in [9.17, 15) is 14.4 Å². The van der Waals surface area contributed by atoms with Crippen molar-refractivity contribution in [3.05, 3.63) is 64.7 Å².